The first-order valence-corrected chi connectivity index (χ1v) is 7.80. The van der Waals surface area contributed by atoms with E-state index in [4.69, 9.17) is 4.52 Å². The lowest BCUT2D eigenvalue weighted by molar-refractivity contribution is 0.190. The Labute approximate surface area is 136 Å². The summed E-state index contributed by atoms with van der Waals surface area (Å²) in [5.74, 6) is 0.716. The molecule has 22 heavy (non-hydrogen) atoms. The molecule has 1 atom stereocenters. The zero-order valence-electron chi connectivity index (χ0n) is 12.1. The number of rotatable bonds is 3. The number of nitrogens with one attached hydrogen (secondary N) is 1. The first-order chi connectivity index (χ1) is 10.6. The SMILES string of the molecule is CN1CCNCC1c1noc(/C=C/c2cc(Br)ccc2F)n1. The van der Waals surface area contributed by atoms with Crippen molar-refractivity contribution in [2.24, 2.45) is 0 Å². The third-order valence-corrected chi connectivity index (χ3v) is 4.12. The van der Waals surface area contributed by atoms with Crippen molar-refractivity contribution in [3.63, 3.8) is 0 Å². The second kappa shape index (κ2) is 6.68. The Kier molecular flexibility index (Phi) is 4.66. The van der Waals surface area contributed by atoms with Crippen molar-refractivity contribution in [3.05, 3.63) is 45.8 Å². The average molecular weight is 367 g/mol. The largest absolute Gasteiger partial charge is 0.335 e. The van der Waals surface area contributed by atoms with Gasteiger partial charge in [0.1, 0.15) is 5.82 Å². The van der Waals surface area contributed by atoms with Gasteiger partial charge in [0, 0.05) is 35.7 Å². The molecule has 1 aromatic carbocycles. The lowest BCUT2D eigenvalue weighted by Gasteiger charge is -2.30. The number of piperazine rings is 1. The van der Waals surface area contributed by atoms with Crippen LogP contribution in [0.5, 0.6) is 0 Å². The van der Waals surface area contributed by atoms with Gasteiger partial charge in [-0.1, -0.05) is 21.1 Å². The Balaban J connectivity index is 1.76. The van der Waals surface area contributed by atoms with Crippen LogP contribution in [0.25, 0.3) is 12.2 Å². The molecule has 5 nitrogen and oxygen atoms in total. The van der Waals surface area contributed by atoms with E-state index < -0.39 is 0 Å². The fourth-order valence-electron chi connectivity index (χ4n) is 2.35. The molecular formula is C15H16BrFN4O. The monoisotopic (exact) mass is 366 g/mol. The van der Waals surface area contributed by atoms with Crippen molar-refractivity contribution in [1.82, 2.24) is 20.4 Å². The molecule has 0 radical (unpaired) electrons. The molecule has 1 fully saturated rings. The number of halogens is 2. The molecular weight excluding hydrogens is 351 g/mol. The molecule has 1 aliphatic rings. The van der Waals surface area contributed by atoms with E-state index in [0.29, 0.717) is 17.3 Å². The van der Waals surface area contributed by atoms with Crippen LogP contribution in [0.3, 0.4) is 0 Å². The van der Waals surface area contributed by atoms with E-state index >= 15 is 0 Å². The molecule has 2 heterocycles. The van der Waals surface area contributed by atoms with Gasteiger partial charge in [0.15, 0.2) is 5.82 Å². The molecule has 2 aromatic rings. The van der Waals surface area contributed by atoms with Gasteiger partial charge in [-0.05, 0) is 31.3 Å². The highest BCUT2D eigenvalue weighted by atomic mass is 79.9. The van der Waals surface area contributed by atoms with Crippen LogP contribution >= 0.6 is 15.9 Å². The maximum absolute atomic E-state index is 13.7. The Hall–Kier alpha value is -1.57. The van der Waals surface area contributed by atoms with Gasteiger partial charge in [0.2, 0.25) is 0 Å². The van der Waals surface area contributed by atoms with Crippen molar-refractivity contribution in [3.8, 4) is 0 Å². The lowest BCUT2D eigenvalue weighted by Crippen LogP contribution is -2.44. The van der Waals surface area contributed by atoms with Gasteiger partial charge < -0.3 is 9.84 Å². The molecule has 1 N–H and O–H groups in total. The van der Waals surface area contributed by atoms with E-state index in [-0.39, 0.29) is 11.9 Å². The summed E-state index contributed by atoms with van der Waals surface area (Å²) in [6, 6.07) is 4.86. The molecule has 1 aliphatic heterocycles. The molecule has 0 amide bonds. The van der Waals surface area contributed by atoms with E-state index in [1.54, 1.807) is 24.3 Å². The minimum atomic E-state index is -0.296. The molecule has 0 aliphatic carbocycles. The highest BCUT2D eigenvalue weighted by Crippen LogP contribution is 2.20. The number of hydrogen-bond donors (Lipinski definition) is 1. The summed E-state index contributed by atoms with van der Waals surface area (Å²) >= 11 is 3.32. The van der Waals surface area contributed by atoms with Crippen LogP contribution in [-0.2, 0) is 0 Å². The number of hydrogen-bond acceptors (Lipinski definition) is 5. The molecule has 0 bridgehead atoms. The number of likely N-dealkylation sites (N-methyl/N-ethyl adjacent to an activating group) is 1. The predicted octanol–water partition coefficient (Wildman–Crippen LogP) is 2.72. The minimum absolute atomic E-state index is 0.0993. The first kappa shape index (κ1) is 15.3. The van der Waals surface area contributed by atoms with Crippen molar-refractivity contribution < 1.29 is 8.91 Å². The van der Waals surface area contributed by atoms with Crippen LogP contribution in [0.1, 0.15) is 23.3 Å². The maximum Gasteiger partial charge on any atom is 0.250 e. The van der Waals surface area contributed by atoms with Crippen LogP contribution in [0.15, 0.2) is 27.2 Å². The summed E-state index contributed by atoms with van der Waals surface area (Å²) in [4.78, 5) is 6.55. The lowest BCUT2D eigenvalue weighted by atomic mass is 10.2. The standard InChI is InChI=1S/C15H16BrFN4O/c1-21-7-6-18-9-13(21)15-19-14(22-20-15)5-2-10-8-11(16)3-4-12(10)17/h2-5,8,13,18H,6-7,9H2,1H3/b5-2+. The second-order valence-corrected chi connectivity index (χ2v) is 6.11. The number of aromatic nitrogens is 2. The summed E-state index contributed by atoms with van der Waals surface area (Å²) < 4.78 is 19.7. The average Bonchev–Trinajstić information content (AvgIpc) is 2.97. The molecule has 1 unspecified atom stereocenters. The fraction of sp³-hybridized carbons (Fsp3) is 0.333. The summed E-state index contributed by atoms with van der Waals surface area (Å²) in [7, 11) is 2.04. The van der Waals surface area contributed by atoms with Crippen LogP contribution in [0.2, 0.25) is 0 Å². The summed E-state index contributed by atoms with van der Waals surface area (Å²) in [5.41, 5.74) is 0.463. The van der Waals surface area contributed by atoms with Gasteiger partial charge in [-0.3, -0.25) is 4.90 Å². The Bertz CT molecular complexity index is 688. The molecule has 0 saturated carbocycles. The van der Waals surface area contributed by atoms with Crippen molar-refractivity contribution in [1.29, 1.82) is 0 Å². The molecule has 0 spiro atoms. The zero-order chi connectivity index (χ0) is 15.5. The van der Waals surface area contributed by atoms with Crippen molar-refractivity contribution in [2.75, 3.05) is 26.7 Å². The molecule has 3 rings (SSSR count). The van der Waals surface area contributed by atoms with E-state index in [1.807, 2.05) is 7.05 Å². The van der Waals surface area contributed by atoms with Crippen molar-refractivity contribution >= 4 is 28.1 Å². The molecule has 1 saturated heterocycles. The van der Waals surface area contributed by atoms with Crippen LogP contribution in [-0.4, -0.2) is 41.7 Å². The van der Waals surface area contributed by atoms with Gasteiger partial charge in [-0.25, -0.2) is 4.39 Å². The predicted molar refractivity (Wildman–Crippen MR) is 85.6 cm³/mol. The summed E-state index contributed by atoms with van der Waals surface area (Å²) in [5, 5.41) is 7.33. The Morgan fingerprint density at radius 2 is 2.32 bits per heavy atom. The number of nitrogens with zero attached hydrogens (tertiary/aromatic N) is 3. The zero-order valence-corrected chi connectivity index (χ0v) is 13.7. The van der Waals surface area contributed by atoms with Gasteiger partial charge >= 0.3 is 0 Å². The van der Waals surface area contributed by atoms with Crippen LogP contribution in [0.4, 0.5) is 4.39 Å². The second-order valence-electron chi connectivity index (χ2n) is 5.19. The smallest absolute Gasteiger partial charge is 0.250 e. The van der Waals surface area contributed by atoms with Crippen LogP contribution < -0.4 is 5.32 Å². The number of benzene rings is 1. The Morgan fingerprint density at radius 1 is 1.45 bits per heavy atom. The molecule has 1 aromatic heterocycles. The van der Waals surface area contributed by atoms with E-state index in [0.717, 1.165) is 24.1 Å². The van der Waals surface area contributed by atoms with E-state index in [2.05, 4.69) is 36.3 Å². The highest BCUT2D eigenvalue weighted by molar-refractivity contribution is 9.10. The quantitative estimate of drug-likeness (QED) is 0.904. The topological polar surface area (TPSA) is 54.2 Å². The highest BCUT2D eigenvalue weighted by Gasteiger charge is 2.24. The maximum atomic E-state index is 13.7. The van der Waals surface area contributed by atoms with Gasteiger partial charge in [-0.15, -0.1) is 0 Å². The van der Waals surface area contributed by atoms with Crippen LogP contribution in [0, 0.1) is 5.82 Å². The summed E-state index contributed by atoms with van der Waals surface area (Å²) in [6.45, 7) is 2.69. The van der Waals surface area contributed by atoms with Gasteiger partial charge in [0.05, 0.1) is 6.04 Å². The molecule has 116 valence electrons. The van der Waals surface area contributed by atoms with Gasteiger partial charge in [0.25, 0.3) is 5.89 Å². The molecule has 7 heteroatoms. The normalized spacial score (nSPS) is 19.9. The third kappa shape index (κ3) is 3.43. The van der Waals surface area contributed by atoms with Crippen molar-refractivity contribution in [2.45, 2.75) is 6.04 Å². The summed E-state index contributed by atoms with van der Waals surface area (Å²) in [6.07, 6.45) is 3.25. The third-order valence-electron chi connectivity index (χ3n) is 3.63. The van der Waals surface area contributed by atoms with E-state index in [9.17, 15) is 4.39 Å². The fourth-order valence-corrected chi connectivity index (χ4v) is 2.73. The van der Waals surface area contributed by atoms with E-state index in [1.165, 1.54) is 6.07 Å². The first-order valence-electron chi connectivity index (χ1n) is 7.01. The minimum Gasteiger partial charge on any atom is -0.335 e. The van der Waals surface area contributed by atoms with Gasteiger partial charge in [-0.2, -0.15) is 4.98 Å². The Morgan fingerprint density at radius 3 is 3.14 bits per heavy atom.